The van der Waals surface area contributed by atoms with E-state index in [9.17, 15) is 0 Å². The Morgan fingerprint density at radius 3 is 2.67 bits per heavy atom. The Hall–Kier alpha value is -1.61. The van der Waals surface area contributed by atoms with Crippen molar-refractivity contribution < 1.29 is 4.52 Å². The van der Waals surface area contributed by atoms with Crippen LogP contribution in [0.2, 0.25) is 0 Å². The highest BCUT2D eigenvalue weighted by Crippen LogP contribution is 2.47. The second kappa shape index (κ2) is 3.95. The summed E-state index contributed by atoms with van der Waals surface area (Å²) in [4.78, 5) is 0. The molecular formula is C15H18N2O. The quantitative estimate of drug-likeness (QED) is 0.900. The van der Waals surface area contributed by atoms with Gasteiger partial charge in [0, 0.05) is 23.6 Å². The van der Waals surface area contributed by atoms with E-state index in [-0.39, 0.29) is 5.41 Å². The molecule has 1 aliphatic carbocycles. The minimum absolute atomic E-state index is 0.0976. The highest BCUT2D eigenvalue weighted by molar-refractivity contribution is 5.63. The van der Waals surface area contributed by atoms with Gasteiger partial charge in [-0.25, -0.2) is 0 Å². The van der Waals surface area contributed by atoms with E-state index in [0.717, 1.165) is 29.9 Å². The van der Waals surface area contributed by atoms with Crippen LogP contribution < -0.4 is 5.73 Å². The van der Waals surface area contributed by atoms with Crippen molar-refractivity contribution >= 4 is 0 Å². The van der Waals surface area contributed by atoms with Gasteiger partial charge >= 0.3 is 0 Å². The number of benzene rings is 1. The van der Waals surface area contributed by atoms with Crippen LogP contribution >= 0.6 is 0 Å². The van der Waals surface area contributed by atoms with Crippen molar-refractivity contribution in [1.29, 1.82) is 0 Å². The first-order valence-corrected chi connectivity index (χ1v) is 6.39. The summed E-state index contributed by atoms with van der Waals surface area (Å²) in [5, 5.41) is 4.21. The summed E-state index contributed by atoms with van der Waals surface area (Å²) in [6.07, 6.45) is 2.25. The average Bonchev–Trinajstić information content (AvgIpc) is 3.00. The number of rotatable bonds is 3. The maximum absolute atomic E-state index is 5.82. The number of aromatic nitrogens is 1. The monoisotopic (exact) mass is 242 g/mol. The minimum atomic E-state index is 0.0976. The van der Waals surface area contributed by atoms with Crippen molar-refractivity contribution in [3.8, 4) is 11.3 Å². The molecule has 1 fully saturated rings. The molecule has 0 atom stereocenters. The molecule has 0 aliphatic heterocycles. The maximum atomic E-state index is 5.82. The molecule has 0 saturated heterocycles. The zero-order valence-corrected chi connectivity index (χ0v) is 10.9. The van der Waals surface area contributed by atoms with Gasteiger partial charge in [0.1, 0.15) is 0 Å². The SMILES string of the molecule is Cc1ccc(-c2cc(C3(CN)CC3)no2)c(C)c1. The summed E-state index contributed by atoms with van der Waals surface area (Å²) in [5.41, 5.74) is 10.5. The van der Waals surface area contributed by atoms with Gasteiger partial charge in [-0.05, 0) is 32.3 Å². The van der Waals surface area contributed by atoms with E-state index in [1.165, 1.54) is 11.1 Å². The van der Waals surface area contributed by atoms with Crippen LogP contribution in [0.1, 0.15) is 29.7 Å². The van der Waals surface area contributed by atoms with Crippen molar-refractivity contribution in [2.45, 2.75) is 32.1 Å². The summed E-state index contributed by atoms with van der Waals surface area (Å²) in [6, 6.07) is 8.40. The van der Waals surface area contributed by atoms with Gasteiger partial charge in [0.05, 0.1) is 5.69 Å². The zero-order chi connectivity index (χ0) is 12.8. The van der Waals surface area contributed by atoms with Crippen LogP contribution in [-0.2, 0) is 5.41 Å². The van der Waals surface area contributed by atoms with Gasteiger partial charge in [-0.3, -0.25) is 0 Å². The van der Waals surface area contributed by atoms with E-state index in [1.54, 1.807) is 0 Å². The fraction of sp³-hybridized carbons (Fsp3) is 0.400. The fourth-order valence-corrected chi connectivity index (χ4v) is 2.46. The van der Waals surface area contributed by atoms with E-state index < -0.39 is 0 Å². The molecule has 1 aromatic carbocycles. The van der Waals surface area contributed by atoms with Gasteiger partial charge in [0.25, 0.3) is 0 Å². The lowest BCUT2D eigenvalue weighted by Gasteiger charge is -2.05. The number of nitrogens with zero attached hydrogens (tertiary/aromatic N) is 1. The lowest BCUT2D eigenvalue weighted by Crippen LogP contribution is -2.19. The number of hydrogen-bond donors (Lipinski definition) is 1. The molecule has 2 aromatic rings. The molecule has 0 bridgehead atoms. The number of aryl methyl sites for hydroxylation is 2. The third-order valence-corrected chi connectivity index (χ3v) is 3.95. The maximum Gasteiger partial charge on any atom is 0.167 e. The first-order chi connectivity index (χ1) is 8.64. The van der Waals surface area contributed by atoms with E-state index >= 15 is 0 Å². The van der Waals surface area contributed by atoms with E-state index in [2.05, 4.69) is 43.3 Å². The summed E-state index contributed by atoms with van der Waals surface area (Å²) < 4.78 is 5.49. The van der Waals surface area contributed by atoms with E-state index in [0.29, 0.717) is 6.54 Å². The third-order valence-electron chi connectivity index (χ3n) is 3.95. The first-order valence-electron chi connectivity index (χ1n) is 6.39. The predicted octanol–water partition coefficient (Wildman–Crippen LogP) is 2.95. The average molecular weight is 242 g/mol. The lowest BCUT2D eigenvalue weighted by atomic mass is 10.00. The lowest BCUT2D eigenvalue weighted by molar-refractivity contribution is 0.413. The summed E-state index contributed by atoms with van der Waals surface area (Å²) in [6.45, 7) is 4.85. The van der Waals surface area contributed by atoms with Gasteiger partial charge < -0.3 is 10.3 Å². The molecule has 0 unspecified atom stereocenters. The van der Waals surface area contributed by atoms with Gasteiger partial charge in [0.15, 0.2) is 5.76 Å². The van der Waals surface area contributed by atoms with Crippen molar-refractivity contribution in [1.82, 2.24) is 5.16 Å². The molecule has 3 nitrogen and oxygen atoms in total. The number of hydrogen-bond acceptors (Lipinski definition) is 3. The van der Waals surface area contributed by atoms with Crippen LogP contribution in [0.25, 0.3) is 11.3 Å². The summed E-state index contributed by atoms with van der Waals surface area (Å²) in [7, 11) is 0. The molecule has 1 heterocycles. The Labute approximate surface area is 107 Å². The van der Waals surface area contributed by atoms with Crippen LogP contribution in [0, 0.1) is 13.8 Å². The molecule has 1 saturated carbocycles. The van der Waals surface area contributed by atoms with Crippen LogP contribution in [0.3, 0.4) is 0 Å². The van der Waals surface area contributed by atoms with Gasteiger partial charge in [-0.1, -0.05) is 28.9 Å². The molecule has 0 spiro atoms. The molecule has 94 valence electrons. The molecule has 1 aromatic heterocycles. The van der Waals surface area contributed by atoms with Crippen molar-refractivity contribution in [3.63, 3.8) is 0 Å². The smallest absolute Gasteiger partial charge is 0.167 e. The Morgan fingerprint density at radius 1 is 1.28 bits per heavy atom. The van der Waals surface area contributed by atoms with Crippen LogP contribution in [0.15, 0.2) is 28.8 Å². The largest absolute Gasteiger partial charge is 0.356 e. The number of nitrogens with two attached hydrogens (primary N) is 1. The highest BCUT2D eigenvalue weighted by Gasteiger charge is 2.45. The van der Waals surface area contributed by atoms with Crippen LogP contribution in [0.4, 0.5) is 0 Å². The molecule has 2 N–H and O–H groups in total. The third kappa shape index (κ3) is 1.75. The summed E-state index contributed by atoms with van der Waals surface area (Å²) in [5.74, 6) is 0.849. The molecule has 3 rings (SSSR count). The van der Waals surface area contributed by atoms with Gasteiger partial charge in [-0.15, -0.1) is 0 Å². The zero-order valence-electron chi connectivity index (χ0n) is 10.9. The predicted molar refractivity (Wildman–Crippen MR) is 71.4 cm³/mol. The van der Waals surface area contributed by atoms with Crippen LogP contribution in [-0.4, -0.2) is 11.7 Å². The molecule has 18 heavy (non-hydrogen) atoms. The van der Waals surface area contributed by atoms with E-state index in [4.69, 9.17) is 10.3 Å². The Morgan fingerprint density at radius 2 is 2.06 bits per heavy atom. The Kier molecular flexibility index (Phi) is 2.52. The van der Waals surface area contributed by atoms with Crippen molar-refractivity contribution in [2.24, 2.45) is 5.73 Å². The molecular weight excluding hydrogens is 224 g/mol. The Balaban J connectivity index is 1.98. The second-order valence-electron chi connectivity index (χ2n) is 5.38. The van der Waals surface area contributed by atoms with Gasteiger partial charge in [0.2, 0.25) is 0 Å². The highest BCUT2D eigenvalue weighted by atomic mass is 16.5. The van der Waals surface area contributed by atoms with Crippen molar-refractivity contribution in [2.75, 3.05) is 6.54 Å². The first kappa shape index (κ1) is 11.5. The second-order valence-corrected chi connectivity index (χ2v) is 5.38. The van der Waals surface area contributed by atoms with Crippen molar-refractivity contribution in [3.05, 3.63) is 41.1 Å². The molecule has 0 radical (unpaired) electrons. The molecule has 1 aliphatic rings. The topological polar surface area (TPSA) is 52.0 Å². The molecule has 0 amide bonds. The summed E-state index contributed by atoms with van der Waals surface area (Å²) >= 11 is 0. The van der Waals surface area contributed by atoms with Crippen LogP contribution in [0.5, 0.6) is 0 Å². The standard InChI is InChI=1S/C15H18N2O/c1-10-3-4-12(11(2)7-10)13-8-14(17-18-13)15(9-16)5-6-15/h3-4,7-8H,5-6,9,16H2,1-2H3. The normalized spacial score (nSPS) is 16.8. The van der Waals surface area contributed by atoms with E-state index in [1.807, 2.05) is 0 Å². The fourth-order valence-electron chi connectivity index (χ4n) is 2.46. The van der Waals surface area contributed by atoms with Gasteiger partial charge in [-0.2, -0.15) is 0 Å². The Bertz CT molecular complexity index is 582. The molecule has 3 heteroatoms. The minimum Gasteiger partial charge on any atom is -0.356 e.